The first-order chi connectivity index (χ1) is 11.0. The molecule has 0 saturated heterocycles. The molecular formula is C17H18N2O4. The van der Waals surface area contributed by atoms with Crippen LogP contribution < -0.4 is 4.74 Å². The summed E-state index contributed by atoms with van der Waals surface area (Å²) < 4.78 is 5.62. The van der Waals surface area contributed by atoms with Crippen molar-refractivity contribution in [2.24, 2.45) is 0 Å². The van der Waals surface area contributed by atoms with Gasteiger partial charge in [-0.3, -0.25) is 14.9 Å². The third kappa shape index (κ3) is 4.89. The van der Waals surface area contributed by atoms with Crippen LogP contribution >= 0.6 is 0 Å². The molecule has 120 valence electrons. The van der Waals surface area contributed by atoms with Gasteiger partial charge in [-0.1, -0.05) is 0 Å². The fourth-order valence-corrected chi connectivity index (χ4v) is 2.00. The second-order valence-electron chi connectivity index (χ2n) is 5.40. The molecule has 23 heavy (non-hydrogen) atoms. The Balaban J connectivity index is 1.93. The Bertz CT molecular complexity index is 679. The van der Waals surface area contributed by atoms with E-state index in [4.69, 9.17) is 4.74 Å². The van der Waals surface area contributed by atoms with Crippen LogP contribution in [0.2, 0.25) is 0 Å². The van der Waals surface area contributed by atoms with Crippen LogP contribution in [0.15, 0.2) is 48.5 Å². The van der Waals surface area contributed by atoms with Gasteiger partial charge < -0.3 is 9.64 Å². The van der Waals surface area contributed by atoms with Gasteiger partial charge in [0.15, 0.2) is 5.78 Å². The Morgan fingerprint density at radius 2 is 1.70 bits per heavy atom. The molecule has 0 amide bonds. The molecule has 2 aromatic carbocycles. The van der Waals surface area contributed by atoms with Crippen LogP contribution in [0.4, 0.5) is 5.69 Å². The number of carbonyl (C=O) groups excluding carboxylic acids is 1. The van der Waals surface area contributed by atoms with Crippen molar-refractivity contribution in [2.45, 2.75) is 6.61 Å². The molecule has 0 unspecified atom stereocenters. The highest BCUT2D eigenvalue weighted by Gasteiger charge is 2.07. The maximum atomic E-state index is 11.9. The van der Waals surface area contributed by atoms with Gasteiger partial charge in [0.25, 0.3) is 5.69 Å². The van der Waals surface area contributed by atoms with E-state index in [2.05, 4.69) is 0 Å². The number of benzene rings is 2. The second kappa shape index (κ2) is 7.51. The minimum absolute atomic E-state index is 0.0527. The Hall–Kier alpha value is -2.73. The van der Waals surface area contributed by atoms with E-state index >= 15 is 0 Å². The van der Waals surface area contributed by atoms with Crippen molar-refractivity contribution in [3.63, 3.8) is 0 Å². The molecule has 0 saturated carbocycles. The summed E-state index contributed by atoms with van der Waals surface area (Å²) >= 11 is 0. The summed E-state index contributed by atoms with van der Waals surface area (Å²) in [6.45, 7) is 0.673. The minimum Gasteiger partial charge on any atom is -0.489 e. The van der Waals surface area contributed by atoms with E-state index in [-0.39, 0.29) is 11.5 Å². The molecule has 0 heterocycles. The van der Waals surface area contributed by atoms with Crippen molar-refractivity contribution in [2.75, 3.05) is 20.6 Å². The molecule has 0 aliphatic heterocycles. The van der Waals surface area contributed by atoms with Crippen molar-refractivity contribution in [3.05, 3.63) is 69.8 Å². The lowest BCUT2D eigenvalue weighted by Gasteiger charge is -2.09. The topological polar surface area (TPSA) is 72.7 Å². The van der Waals surface area contributed by atoms with E-state index < -0.39 is 4.92 Å². The predicted molar refractivity (Wildman–Crippen MR) is 86.8 cm³/mol. The molecule has 0 bridgehead atoms. The number of ether oxygens (including phenoxy) is 1. The van der Waals surface area contributed by atoms with Gasteiger partial charge in [0.1, 0.15) is 12.4 Å². The lowest BCUT2D eigenvalue weighted by molar-refractivity contribution is -0.384. The highest BCUT2D eigenvalue weighted by Crippen LogP contribution is 2.16. The number of nitrogens with zero attached hydrogens (tertiary/aromatic N) is 2. The first-order valence-electron chi connectivity index (χ1n) is 7.10. The average Bonchev–Trinajstić information content (AvgIpc) is 2.53. The monoisotopic (exact) mass is 314 g/mol. The van der Waals surface area contributed by atoms with Gasteiger partial charge in [-0.25, -0.2) is 0 Å². The lowest BCUT2D eigenvalue weighted by Crippen LogP contribution is -2.21. The number of hydrogen-bond acceptors (Lipinski definition) is 5. The first-order valence-corrected chi connectivity index (χ1v) is 7.10. The molecule has 0 aliphatic carbocycles. The van der Waals surface area contributed by atoms with Gasteiger partial charge in [-0.05, 0) is 56.1 Å². The number of non-ortho nitro benzene ring substituents is 1. The zero-order valence-electron chi connectivity index (χ0n) is 13.1. The molecule has 0 spiro atoms. The number of carbonyl (C=O) groups is 1. The molecule has 0 fully saturated rings. The van der Waals surface area contributed by atoms with E-state index in [1.54, 1.807) is 36.4 Å². The van der Waals surface area contributed by atoms with Crippen molar-refractivity contribution in [1.29, 1.82) is 0 Å². The number of hydrogen-bond donors (Lipinski definition) is 0. The zero-order chi connectivity index (χ0) is 16.8. The Morgan fingerprint density at radius 3 is 2.22 bits per heavy atom. The van der Waals surface area contributed by atoms with Crippen molar-refractivity contribution in [1.82, 2.24) is 4.90 Å². The molecule has 2 rings (SSSR count). The molecule has 0 aliphatic rings. The third-order valence-electron chi connectivity index (χ3n) is 3.19. The van der Waals surface area contributed by atoms with E-state index in [1.165, 1.54) is 12.1 Å². The number of nitro benzene ring substituents is 1. The van der Waals surface area contributed by atoms with E-state index in [1.807, 2.05) is 19.0 Å². The quantitative estimate of drug-likeness (QED) is 0.446. The number of nitro groups is 1. The normalized spacial score (nSPS) is 10.6. The van der Waals surface area contributed by atoms with Crippen LogP contribution in [-0.2, 0) is 6.61 Å². The third-order valence-corrected chi connectivity index (χ3v) is 3.19. The average molecular weight is 314 g/mol. The summed E-state index contributed by atoms with van der Waals surface area (Å²) in [5.74, 6) is 0.696. The van der Waals surface area contributed by atoms with Crippen LogP contribution in [-0.4, -0.2) is 36.2 Å². The second-order valence-corrected chi connectivity index (χ2v) is 5.40. The molecule has 0 N–H and O–H groups in total. The highest BCUT2D eigenvalue weighted by atomic mass is 16.6. The van der Waals surface area contributed by atoms with E-state index in [0.717, 1.165) is 5.56 Å². The van der Waals surface area contributed by atoms with Crippen molar-refractivity contribution < 1.29 is 14.5 Å². The standard InChI is InChI=1S/C17H18N2O4/c1-18(2)11-17(20)14-5-9-16(10-6-14)23-12-13-3-7-15(8-4-13)19(21)22/h3-10H,11-12H2,1-2H3. The van der Waals surface area contributed by atoms with Crippen LogP contribution in [0, 0.1) is 10.1 Å². The first kappa shape index (κ1) is 16.6. The molecule has 0 radical (unpaired) electrons. The molecule has 6 heteroatoms. The smallest absolute Gasteiger partial charge is 0.269 e. The van der Waals surface area contributed by atoms with Gasteiger partial charge in [0.05, 0.1) is 11.5 Å². The summed E-state index contributed by atoms with van der Waals surface area (Å²) in [7, 11) is 3.69. The maximum absolute atomic E-state index is 11.9. The number of Topliss-reactive ketones (excluding diaryl/α,β-unsaturated/α-hetero) is 1. The Morgan fingerprint density at radius 1 is 1.09 bits per heavy atom. The fourth-order valence-electron chi connectivity index (χ4n) is 2.00. The SMILES string of the molecule is CN(C)CC(=O)c1ccc(OCc2ccc([N+](=O)[O-])cc2)cc1. The van der Waals surface area contributed by atoms with E-state index in [0.29, 0.717) is 24.5 Å². The lowest BCUT2D eigenvalue weighted by atomic mass is 10.1. The molecular weight excluding hydrogens is 296 g/mol. The summed E-state index contributed by atoms with van der Waals surface area (Å²) in [5.41, 5.74) is 1.53. The number of likely N-dealkylation sites (N-methyl/N-ethyl adjacent to an activating group) is 1. The predicted octanol–water partition coefficient (Wildman–Crippen LogP) is 2.92. The van der Waals surface area contributed by atoms with Gasteiger partial charge in [-0.15, -0.1) is 0 Å². The van der Waals surface area contributed by atoms with Crippen LogP contribution in [0.1, 0.15) is 15.9 Å². The molecule has 2 aromatic rings. The maximum Gasteiger partial charge on any atom is 0.269 e. The van der Waals surface area contributed by atoms with Crippen LogP contribution in [0.25, 0.3) is 0 Å². The largest absolute Gasteiger partial charge is 0.489 e. The summed E-state index contributed by atoms with van der Waals surface area (Å²) in [6, 6.07) is 13.2. The van der Waals surface area contributed by atoms with Gasteiger partial charge in [0.2, 0.25) is 0 Å². The highest BCUT2D eigenvalue weighted by molar-refractivity contribution is 5.97. The summed E-state index contributed by atoms with van der Waals surface area (Å²) in [5, 5.41) is 10.6. The number of rotatable bonds is 7. The van der Waals surface area contributed by atoms with Crippen LogP contribution in [0.5, 0.6) is 5.75 Å². The van der Waals surface area contributed by atoms with Gasteiger partial charge in [0, 0.05) is 17.7 Å². The van der Waals surface area contributed by atoms with E-state index in [9.17, 15) is 14.9 Å². The van der Waals surface area contributed by atoms with Gasteiger partial charge in [-0.2, -0.15) is 0 Å². The minimum atomic E-state index is -0.436. The Kier molecular flexibility index (Phi) is 5.43. The number of ketones is 1. The van der Waals surface area contributed by atoms with Crippen LogP contribution in [0.3, 0.4) is 0 Å². The zero-order valence-corrected chi connectivity index (χ0v) is 13.1. The summed E-state index contributed by atoms with van der Waals surface area (Å²) in [4.78, 5) is 23.9. The van der Waals surface area contributed by atoms with Gasteiger partial charge >= 0.3 is 0 Å². The molecule has 0 aromatic heterocycles. The van der Waals surface area contributed by atoms with Crippen molar-refractivity contribution >= 4 is 11.5 Å². The fraction of sp³-hybridized carbons (Fsp3) is 0.235. The summed E-state index contributed by atoms with van der Waals surface area (Å²) in [6.07, 6.45) is 0. The van der Waals surface area contributed by atoms with Crippen molar-refractivity contribution in [3.8, 4) is 5.75 Å². The Labute approximate surface area is 134 Å². The molecule has 0 atom stereocenters. The molecule has 6 nitrogen and oxygen atoms in total.